The summed E-state index contributed by atoms with van der Waals surface area (Å²) >= 11 is 11.6. The SMILES string of the molecule is CC(CCCN)C(=O)Nc1cc(Cl)c(OC(F)F)c(Cl)c1. The Balaban J connectivity index is 2.79. The molecule has 1 aromatic carbocycles. The van der Waals surface area contributed by atoms with Crippen LogP contribution in [0.1, 0.15) is 19.8 Å². The largest absolute Gasteiger partial charge is 0.432 e. The van der Waals surface area contributed by atoms with Gasteiger partial charge in [0.05, 0.1) is 10.0 Å². The average Bonchev–Trinajstić information content (AvgIpc) is 2.39. The minimum Gasteiger partial charge on any atom is -0.432 e. The van der Waals surface area contributed by atoms with Crippen molar-refractivity contribution in [1.29, 1.82) is 0 Å². The van der Waals surface area contributed by atoms with Crippen LogP contribution in [0, 0.1) is 5.92 Å². The highest BCUT2D eigenvalue weighted by Gasteiger charge is 2.17. The number of nitrogens with two attached hydrogens (primary N) is 1. The van der Waals surface area contributed by atoms with E-state index in [-0.39, 0.29) is 27.6 Å². The Morgan fingerprint density at radius 3 is 2.43 bits per heavy atom. The summed E-state index contributed by atoms with van der Waals surface area (Å²) in [7, 11) is 0. The number of rotatable bonds is 7. The predicted octanol–water partition coefficient (Wildman–Crippen LogP) is 3.91. The third-order valence-electron chi connectivity index (χ3n) is 2.76. The lowest BCUT2D eigenvalue weighted by atomic mass is 10.0. The molecule has 0 fully saturated rings. The van der Waals surface area contributed by atoms with Crippen LogP contribution < -0.4 is 15.8 Å². The third-order valence-corrected chi connectivity index (χ3v) is 3.32. The molecular formula is C13H16Cl2F2N2O2. The maximum Gasteiger partial charge on any atom is 0.387 e. The molecule has 0 aromatic heterocycles. The Labute approximate surface area is 131 Å². The molecule has 1 amide bonds. The van der Waals surface area contributed by atoms with Gasteiger partial charge in [-0.3, -0.25) is 4.79 Å². The number of carbonyl (C=O) groups excluding carboxylic acids is 1. The van der Waals surface area contributed by atoms with E-state index in [1.807, 2.05) is 0 Å². The Hall–Kier alpha value is -1.11. The maximum atomic E-state index is 12.2. The zero-order valence-corrected chi connectivity index (χ0v) is 12.8. The molecule has 0 aliphatic carbocycles. The van der Waals surface area contributed by atoms with Crippen molar-refractivity contribution in [2.45, 2.75) is 26.4 Å². The quantitative estimate of drug-likeness (QED) is 0.790. The Bertz CT molecular complexity index is 478. The molecule has 1 atom stereocenters. The number of carbonyl (C=O) groups is 1. The first-order chi connectivity index (χ1) is 9.85. The zero-order valence-electron chi connectivity index (χ0n) is 11.3. The number of hydrogen-bond acceptors (Lipinski definition) is 3. The van der Waals surface area contributed by atoms with Crippen LogP contribution in [0.4, 0.5) is 14.5 Å². The lowest BCUT2D eigenvalue weighted by Gasteiger charge is -2.14. The van der Waals surface area contributed by atoms with Crippen molar-refractivity contribution in [2.24, 2.45) is 11.7 Å². The van der Waals surface area contributed by atoms with Crippen molar-refractivity contribution < 1.29 is 18.3 Å². The van der Waals surface area contributed by atoms with Crippen LogP contribution in [-0.4, -0.2) is 19.1 Å². The molecule has 0 aliphatic rings. The van der Waals surface area contributed by atoms with Gasteiger partial charge in [-0.25, -0.2) is 0 Å². The fraction of sp³-hybridized carbons (Fsp3) is 0.462. The number of anilines is 1. The number of amides is 1. The summed E-state index contributed by atoms with van der Waals surface area (Å²) in [6.07, 6.45) is 1.38. The molecule has 118 valence electrons. The molecule has 0 aliphatic heterocycles. The average molecular weight is 341 g/mol. The van der Waals surface area contributed by atoms with Crippen molar-refractivity contribution in [3.8, 4) is 5.75 Å². The number of alkyl halides is 2. The van der Waals surface area contributed by atoms with Crippen LogP contribution in [-0.2, 0) is 4.79 Å². The van der Waals surface area contributed by atoms with Crippen molar-refractivity contribution in [2.75, 3.05) is 11.9 Å². The van der Waals surface area contributed by atoms with Crippen molar-refractivity contribution in [3.63, 3.8) is 0 Å². The van der Waals surface area contributed by atoms with E-state index in [1.54, 1.807) is 6.92 Å². The molecule has 0 heterocycles. The second-order valence-corrected chi connectivity index (χ2v) is 5.28. The van der Waals surface area contributed by atoms with Gasteiger partial charge in [0.2, 0.25) is 5.91 Å². The molecule has 0 saturated carbocycles. The number of nitrogens with one attached hydrogen (secondary N) is 1. The van der Waals surface area contributed by atoms with Gasteiger partial charge in [0.1, 0.15) is 0 Å². The lowest BCUT2D eigenvalue weighted by molar-refractivity contribution is -0.119. The standard InChI is InChI=1S/C13H16Cl2F2N2O2/c1-7(3-2-4-18)12(20)19-8-5-9(14)11(10(15)6-8)21-13(16)17/h5-7,13H,2-4,18H2,1H3,(H,19,20). The molecule has 0 spiro atoms. The fourth-order valence-corrected chi connectivity index (χ4v) is 2.23. The summed E-state index contributed by atoms with van der Waals surface area (Å²) in [5, 5.41) is 2.41. The van der Waals surface area contributed by atoms with E-state index in [4.69, 9.17) is 28.9 Å². The maximum absolute atomic E-state index is 12.2. The predicted molar refractivity (Wildman–Crippen MR) is 79.2 cm³/mol. The fourth-order valence-electron chi connectivity index (χ4n) is 1.65. The van der Waals surface area contributed by atoms with Gasteiger partial charge in [-0.2, -0.15) is 8.78 Å². The van der Waals surface area contributed by atoms with Gasteiger partial charge in [0, 0.05) is 11.6 Å². The van der Waals surface area contributed by atoms with E-state index in [1.165, 1.54) is 12.1 Å². The van der Waals surface area contributed by atoms with Crippen molar-refractivity contribution >= 4 is 34.8 Å². The van der Waals surface area contributed by atoms with Crippen LogP contribution in [0.2, 0.25) is 10.0 Å². The molecule has 4 nitrogen and oxygen atoms in total. The van der Waals surface area contributed by atoms with Crippen molar-refractivity contribution in [3.05, 3.63) is 22.2 Å². The van der Waals surface area contributed by atoms with Crippen LogP contribution in [0.15, 0.2) is 12.1 Å². The number of benzene rings is 1. The highest BCUT2D eigenvalue weighted by molar-refractivity contribution is 6.37. The normalized spacial score (nSPS) is 12.3. The summed E-state index contributed by atoms with van der Waals surface area (Å²) in [6.45, 7) is -0.756. The third kappa shape index (κ3) is 5.65. The van der Waals surface area contributed by atoms with Gasteiger partial charge in [0.25, 0.3) is 0 Å². The van der Waals surface area contributed by atoms with E-state index in [2.05, 4.69) is 10.1 Å². The number of ether oxygens (including phenoxy) is 1. The molecule has 8 heteroatoms. The van der Waals surface area contributed by atoms with E-state index in [9.17, 15) is 13.6 Å². The van der Waals surface area contributed by atoms with Gasteiger partial charge in [-0.15, -0.1) is 0 Å². The summed E-state index contributed by atoms with van der Waals surface area (Å²) in [4.78, 5) is 11.9. The van der Waals surface area contributed by atoms with Gasteiger partial charge >= 0.3 is 6.61 Å². The minimum atomic E-state index is -3.03. The molecule has 0 bridgehead atoms. The van der Waals surface area contributed by atoms with Gasteiger partial charge in [-0.1, -0.05) is 30.1 Å². The van der Waals surface area contributed by atoms with Gasteiger partial charge in [-0.05, 0) is 31.5 Å². The smallest absolute Gasteiger partial charge is 0.387 e. The summed E-state index contributed by atoms with van der Waals surface area (Å²) in [5.74, 6) is -0.774. The van der Waals surface area contributed by atoms with Crippen molar-refractivity contribution in [1.82, 2.24) is 0 Å². The van der Waals surface area contributed by atoms with Crippen LogP contribution in [0.25, 0.3) is 0 Å². The minimum absolute atomic E-state index is 0.104. The van der Waals surface area contributed by atoms with E-state index in [0.717, 1.165) is 6.42 Å². The Kier molecular flexibility index (Phi) is 7.14. The molecule has 1 rings (SSSR count). The second-order valence-electron chi connectivity index (χ2n) is 4.47. The summed E-state index contributed by atoms with van der Waals surface area (Å²) < 4.78 is 28.6. The Morgan fingerprint density at radius 1 is 1.38 bits per heavy atom. The first-order valence-electron chi connectivity index (χ1n) is 6.30. The molecule has 1 aromatic rings. The summed E-state index contributed by atoms with van der Waals surface area (Å²) in [6, 6.07) is 2.61. The van der Waals surface area contributed by atoms with E-state index in [0.29, 0.717) is 18.7 Å². The highest BCUT2D eigenvalue weighted by Crippen LogP contribution is 2.37. The topological polar surface area (TPSA) is 64.4 Å². The van der Waals surface area contributed by atoms with Crippen LogP contribution in [0.3, 0.4) is 0 Å². The molecule has 0 saturated heterocycles. The highest BCUT2D eigenvalue weighted by atomic mass is 35.5. The molecule has 0 radical (unpaired) electrons. The second kappa shape index (κ2) is 8.36. The van der Waals surface area contributed by atoms with Crippen LogP contribution >= 0.6 is 23.2 Å². The van der Waals surface area contributed by atoms with E-state index >= 15 is 0 Å². The van der Waals surface area contributed by atoms with E-state index < -0.39 is 6.61 Å². The summed E-state index contributed by atoms with van der Waals surface area (Å²) in [5.41, 5.74) is 5.70. The first-order valence-corrected chi connectivity index (χ1v) is 7.05. The molecule has 21 heavy (non-hydrogen) atoms. The lowest BCUT2D eigenvalue weighted by Crippen LogP contribution is -2.21. The first kappa shape index (κ1) is 17.9. The number of hydrogen-bond donors (Lipinski definition) is 2. The zero-order chi connectivity index (χ0) is 16.0. The van der Waals surface area contributed by atoms with Gasteiger partial charge < -0.3 is 15.8 Å². The molecule has 1 unspecified atom stereocenters. The molecular weight excluding hydrogens is 325 g/mol. The number of halogens is 4. The van der Waals surface area contributed by atoms with Crippen LogP contribution in [0.5, 0.6) is 5.75 Å². The monoisotopic (exact) mass is 340 g/mol. The Morgan fingerprint density at radius 2 is 1.95 bits per heavy atom. The van der Waals surface area contributed by atoms with Gasteiger partial charge in [0.15, 0.2) is 5.75 Å². The molecule has 3 N–H and O–H groups in total.